The van der Waals surface area contributed by atoms with Gasteiger partial charge in [0.15, 0.2) is 0 Å². The van der Waals surface area contributed by atoms with Gasteiger partial charge in [-0.25, -0.2) is 4.79 Å². The summed E-state index contributed by atoms with van der Waals surface area (Å²) in [5.74, 6) is -0.00577. The second-order valence-electron chi connectivity index (χ2n) is 9.87. The number of alkyl halides is 3. The quantitative estimate of drug-likeness (QED) is 0.358. The summed E-state index contributed by atoms with van der Waals surface area (Å²) in [5, 5.41) is 0. The molecular formula is C30H26F3NO2. The summed E-state index contributed by atoms with van der Waals surface area (Å²) in [6, 6.07) is 22.0. The molecule has 3 aromatic rings. The fraction of sp³-hybridized carbons (Fsp3) is 0.300. The van der Waals surface area contributed by atoms with Gasteiger partial charge in [-0.1, -0.05) is 78.4 Å². The molecule has 3 nitrogen and oxygen atoms in total. The minimum absolute atomic E-state index is 0.00577. The molecule has 3 aliphatic rings. The van der Waals surface area contributed by atoms with Gasteiger partial charge in [-0.05, 0) is 59.6 Å². The fourth-order valence-corrected chi connectivity index (χ4v) is 6.20. The third-order valence-corrected chi connectivity index (χ3v) is 7.76. The first-order chi connectivity index (χ1) is 17.4. The zero-order chi connectivity index (χ0) is 24.9. The molecule has 3 aromatic carbocycles. The summed E-state index contributed by atoms with van der Waals surface area (Å²) < 4.78 is 46.2. The van der Waals surface area contributed by atoms with Crippen molar-refractivity contribution < 1.29 is 22.7 Å². The Labute approximate surface area is 208 Å². The number of carbonyl (C=O) groups is 1. The average Bonchev–Trinajstić information content (AvgIpc) is 3.33. The molecule has 0 aromatic heterocycles. The molecule has 184 valence electrons. The SMILES string of the molecule is O=C(OCC1c2ccccc2-c2ccccc21)N1C2C=C(Cc3ccccc3C(F)(F)F)CC1CC2. The van der Waals surface area contributed by atoms with Gasteiger partial charge in [0.25, 0.3) is 0 Å². The molecule has 1 fully saturated rings. The Kier molecular flexibility index (Phi) is 5.62. The molecule has 2 aliphatic heterocycles. The van der Waals surface area contributed by atoms with Crippen LogP contribution in [0.5, 0.6) is 0 Å². The van der Waals surface area contributed by atoms with Gasteiger partial charge in [0.05, 0.1) is 11.6 Å². The van der Waals surface area contributed by atoms with E-state index in [2.05, 4.69) is 24.3 Å². The summed E-state index contributed by atoms with van der Waals surface area (Å²) in [6.45, 7) is 0.262. The highest BCUT2D eigenvalue weighted by molar-refractivity contribution is 5.79. The molecule has 1 amide bonds. The van der Waals surface area contributed by atoms with Gasteiger partial charge in [0, 0.05) is 12.0 Å². The van der Waals surface area contributed by atoms with Crippen LogP contribution in [0.25, 0.3) is 11.1 Å². The van der Waals surface area contributed by atoms with Gasteiger partial charge < -0.3 is 4.74 Å². The molecule has 0 spiro atoms. The van der Waals surface area contributed by atoms with E-state index in [1.54, 1.807) is 17.0 Å². The van der Waals surface area contributed by atoms with E-state index in [1.807, 2.05) is 30.3 Å². The van der Waals surface area contributed by atoms with Crippen LogP contribution >= 0.6 is 0 Å². The lowest BCUT2D eigenvalue weighted by atomic mass is 9.93. The number of hydrogen-bond acceptors (Lipinski definition) is 2. The number of halogens is 3. The second-order valence-corrected chi connectivity index (χ2v) is 9.87. The first kappa shape index (κ1) is 22.9. The van der Waals surface area contributed by atoms with Gasteiger partial charge >= 0.3 is 12.3 Å². The van der Waals surface area contributed by atoms with E-state index in [0.717, 1.165) is 24.5 Å². The molecule has 0 saturated carbocycles. The molecule has 0 radical (unpaired) electrons. The van der Waals surface area contributed by atoms with Crippen molar-refractivity contribution in [3.63, 3.8) is 0 Å². The largest absolute Gasteiger partial charge is 0.448 e. The maximum absolute atomic E-state index is 13.4. The molecule has 36 heavy (non-hydrogen) atoms. The van der Waals surface area contributed by atoms with Crippen LogP contribution in [0, 0.1) is 0 Å². The summed E-state index contributed by atoms with van der Waals surface area (Å²) in [5.41, 5.74) is 5.35. The number of hydrogen-bond donors (Lipinski definition) is 0. The standard InChI is InChI=1S/C30H26F3NO2/c31-30(32,33)28-12-6-1-7-20(28)15-19-16-21-13-14-22(17-19)34(21)29(35)36-18-27-25-10-4-2-8-23(25)24-9-3-5-11-26(24)27/h1-12,16,21-22,27H,13-15,17-18H2. The monoisotopic (exact) mass is 489 g/mol. The third kappa shape index (κ3) is 3.98. The van der Waals surface area contributed by atoms with Gasteiger partial charge in [-0.15, -0.1) is 0 Å². The van der Waals surface area contributed by atoms with Crippen LogP contribution in [0.1, 0.15) is 47.4 Å². The first-order valence-corrected chi connectivity index (χ1v) is 12.4. The Morgan fingerprint density at radius 3 is 2.19 bits per heavy atom. The number of carbonyl (C=O) groups excluding carboxylic acids is 1. The number of benzene rings is 3. The molecule has 2 unspecified atom stereocenters. The van der Waals surface area contributed by atoms with E-state index < -0.39 is 11.7 Å². The summed E-state index contributed by atoms with van der Waals surface area (Å²) in [4.78, 5) is 15.0. The third-order valence-electron chi connectivity index (χ3n) is 7.76. The molecule has 2 atom stereocenters. The minimum Gasteiger partial charge on any atom is -0.448 e. The lowest BCUT2D eigenvalue weighted by Crippen LogP contribution is -2.44. The van der Waals surface area contributed by atoms with Crippen LogP contribution in [0.15, 0.2) is 84.4 Å². The van der Waals surface area contributed by atoms with Crippen LogP contribution in [0.4, 0.5) is 18.0 Å². The van der Waals surface area contributed by atoms with Crippen LogP contribution in [-0.4, -0.2) is 29.7 Å². The van der Waals surface area contributed by atoms with Crippen molar-refractivity contribution in [3.8, 4) is 11.1 Å². The van der Waals surface area contributed by atoms with Crippen molar-refractivity contribution in [2.45, 2.75) is 49.9 Å². The minimum atomic E-state index is -4.38. The normalized spacial score (nSPS) is 20.6. The highest BCUT2D eigenvalue weighted by atomic mass is 19.4. The number of nitrogens with zero attached hydrogens (tertiary/aromatic N) is 1. The van der Waals surface area contributed by atoms with Crippen molar-refractivity contribution in [3.05, 3.63) is 107 Å². The van der Waals surface area contributed by atoms with Gasteiger partial charge in [-0.3, -0.25) is 4.90 Å². The topological polar surface area (TPSA) is 29.5 Å². The molecule has 2 bridgehead atoms. The lowest BCUT2D eigenvalue weighted by molar-refractivity contribution is -0.138. The fourth-order valence-electron chi connectivity index (χ4n) is 6.20. The number of amides is 1. The molecule has 6 heteroatoms. The maximum Gasteiger partial charge on any atom is 0.416 e. The van der Waals surface area contributed by atoms with Gasteiger partial charge in [0.2, 0.25) is 0 Å². The smallest absolute Gasteiger partial charge is 0.416 e. The van der Waals surface area contributed by atoms with Crippen molar-refractivity contribution in [2.24, 2.45) is 0 Å². The Balaban J connectivity index is 1.17. The molecular weight excluding hydrogens is 463 g/mol. The molecule has 6 rings (SSSR count). The van der Waals surface area contributed by atoms with E-state index >= 15 is 0 Å². The Morgan fingerprint density at radius 2 is 1.53 bits per heavy atom. The predicted octanol–water partition coefficient (Wildman–Crippen LogP) is 7.36. The number of rotatable bonds is 4. The Hall–Kier alpha value is -3.54. The van der Waals surface area contributed by atoms with Crippen LogP contribution in [0.3, 0.4) is 0 Å². The van der Waals surface area contributed by atoms with E-state index in [4.69, 9.17) is 4.74 Å². The Bertz CT molecular complexity index is 1300. The first-order valence-electron chi connectivity index (χ1n) is 12.4. The number of fused-ring (bicyclic) bond motifs is 5. The highest BCUT2D eigenvalue weighted by Gasteiger charge is 2.41. The van der Waals surface area contributed by atoms with E-state index in [9.17, 15) is 18.0 Å². The maximum atomic E-state index is 13.4. The van der Waals surface area contributed by atoms with Crippen molar-refractivity contribution in [1.29, 1.82) is 0 Å². The summed E-state index contributed by atoms with van der Waals surface area (Å²) in [6.07, 6.45) is -0.269. The van der Waals surface area contributed by atoms with Crippen LogP contribution in [-0.2, 0) is 17.3 Å². The van der Waals surface area contributed by atoms with Crippen LogP contribution in [0.2, 0.25) is 0 Å². The second kappa shape index (κ2) is 8.84. The van der Waals surface area contributed by atoms with E-state index in [-0.39, 0.29) is 42.7 Å². The number of ether oxygens (including phenoxy) is 1. The molecule has 2 heterocycles. The summed E-state index contributed by atoms with van der Waals surface area (Å²) >= 11 is 0. The average molecular weight is 490 g/mol. The van der Waals surface area contributed by atoms with Gasteiger partial charge in [0.1, 0.15) is 6.61 Å². The lowest BCUT2D eigenvalue weighted by Gasteiger charge is -2.34. The van der Waals surface area contributed by atoms with Crippen molar-refractivity contribution >= 4 is 6.09 Å². The zero-order valence-corrected chi connectivity index (χ0v) is 19.7. The van der Waals surface area contributed by atoms with Crippen molar-refractivity contribution in [1.82, 2.24) is 4.90 Å². The van der Waals surface area contributed by atoms with Crippen molar-refractivity contribution in [2.75, 3.05) is 6.61 Å². The molecule has 1 saturated heterocycles. The zero-order valence-electron chi connectivity index (χ0n) is 19.7. The summed E-state index contributed by atoms with van der Waals surface area (Å²) in [7, 11) is 0. The molecule has 0 N–H and O–H groups in total. The van der Waals surface area contributed by atoms with E-state index in [1.165, 1.54) is 28.3 Å². The Morgan fingerprint density at radius 1 is 0.889 bits per heavy atom. The highest BCUT2D eigenvalue weighted by Crippen LogP contribution is 2.45. The molecule has 1 aliphatic carbocycles. The predicted molar refractivity (Wildman–Crippen MR) is 132 cm³/mol. The van der Waals surface area contributed by atoms with Crippen LogP contribution < -0.4 is 0 Å². The van der Waals surface area contributed by atoms with E-state index in [0.29, 0.717) is 6.42 Å². The van der Waals surface area contributed by atoms with Gasteiger partial charge in [-0.2, -0.15) is 13.2 Å².